The van der Waals surface area contributed by atoms with Crippen LogP contribution in [-0.2, 0) is 4.79 Å². The summed E-state index contributed by atoms with van der Waals surface area (Å²) < 4.78 is 0. The van der Waals surface area contributed by atoms with Crippen LogP contribution in [0.5, 0.6) is 0 Å². The van der Waals surface area contributed by atoms with Crippen molar-refractivity contribution in [1.29, 1.82) is 0 Å². The van der Waals surface area contributed by atoms with Gasteiger partial charge in [0, 0.05) is 11.4 Å². The van der Waals surface area contributed by atoms with Gasteiger partial charge in [-0.05, 0) is 42.8 Å². The highest BCUT2D eigenvalue weighted by Crippen LogP contribution is 2.16. The summed E-state index contributed by atoms with van der Waals surface area (Å²) in [5.41, 5.74) is 2.39. The number of anilines is 2. The summed E-state index contributed by atoms with van der Waals surface area (Å²) in [6, 6.07) is 14.0. The fourth-order valence-electron chi connectivity index (χ4n) is 1.87. The number of nitrogens with one attached hydrogen (secondary N) is 2. The smallest absolute Gasteiger partial charge is 0.335 e. The Morgan fingerprint density at radius 1 is 1.10 bits per heavy atom. The van der Waals surface area contributed by atoms with Crippen molar-refractivity contribution < 1.29 is 14.7 Å². The summed E-state index contributed by atoms with van der Waals surface area (Å²) in [5.74, 6) is -1.17. The van der Waals surface area contributed by atoms with Crippen molar-refractivity contribution in [3.8, 4) is 0 Å². The molecule has 5 nitrogen and oxygen atoms in total. The summed E-state index contributed by atoms with van der Waals surface area (Å²) in [4.78, 5) is 22.7. The van der Waals surface area contributed by atoms with Crippen LogP contribution in [0.1, 0.15) is 15.9 Å². The highest BCUT2D eigenvalue weighted by atomic mass is 16.4. The number of para-hydroxylation sites is 1. The monoisotopic (exact) mass is 284 g/mol. The molecule has 2 rings (SSSR count). The largest absolute Gasteiger partial charge is 0.478 e. The summed E-state index contributed by atoms with van der Waals surface area (Å²) in [6.07, 6.45) is 0. The number of benzene rings is 2. The van der Waals surface area contributed by atoms with Crippen LogP contribution in [0.4, 0.5) is 11.4 Å². The molecule has 0 aliphatic carbocycles. The second kappa shape index (κ2) is 6.56. The first-order valence-electron chi connectivity index (χ1n) is 6.49. The Labute approximate surface area is 122 Å². The first-order chi connectivity index (χ1) is 10.1. The van der Waals surface area contributed by atoms with E-state index in [2.05, 4.69) is 10.6 Å². The number of carbonyl (C=O) groups excluding carboxylic acids is 1. The fourth-order valence-corrected chi connectivity index (χ4v) is 1.87. The first-order valence-corrected chi connectivity index (χ1v) is 6.49. The van der Waals surface area contributed by atoms with Crippen molar-refractivity contribution >= 4 is 23.3 Å². The molecule has 5 heteroatoms. The normalized spacial score (nSPS) is 9.95. The topological polar surface area (TPSA) is 78.4 Å². The standard InChI is InChI=1S/C16H16N2O3/c1-11-9-12(16(20)21)7-8-14(11)18-15(19)10-17-13-5-3-2-4-6-13/h2-9,17H,10H2,1H3,(H,18,19)(H,20,21). The number of aryl methyl sites for hydroxylation is 1. The maximum atomic E-state index is 11.9. The van der Waals surface area contributed by atoms with Gasteiger partial charge in [-0.2, -0.15) is 0 Å². The molecular formula is C16H16N2O3. The summed E-state index contributed by atoms with van der Waals surface area (Å²) in [5, 5.41) is 14.7. The van der Waals surface area contributed by atoms with Crippen LogP contribution >= 0.6 is 0 Å². The average Bonchev–Trinajstić information content (AvgIpc) is 2.48. The van der Waals surface area contributed by atoms with Crippen LogP contribution in [0.25, 0.3) is 0 Å². The van der Waals surface area contributed by atoms with Gasteiger partial charge >= 0.3 is 5.97 Å². The predicted octanol–water partition coefficient (Wildman–Crippen LogP) is 2.74. The number of carbonyl (C=O) groups is 2. The van der Waals surface area contributed by atoms with E-state index in [0.29, 0.717) is 11.3 Å². The van der Waals surface area contributed by atoms with E-state index >= 15 is 0 Å². The number of aromatic carboxylic acids is 1. The summed E-state index contributed by atoms with van der Waals surface area (Å²) in [6.45, 7) is 1.90. The Bertz CT molecular complexity index is 654. The third kappa shape index (κ3) is 4.07. The quantitative estimate of drug-likeness (QED) is 0.789. The van der Waals surface area contributed by atoms with E-state index in [-0.39, 0.29) is 18.0 Å². The van der Waals surface area contributed by atoms with Gasteiger partial charge < -0.3 is 15.7 Å². The summed E-state index contributed by atoms with van der Waals surface area (Å²) >= 11 is 0. The highest BCUT2D eigenvalue weighted by Gasteiger charge is 2.08. The number of amides is 1. The van der Waals surface area contributed by atoms with Gasteiger partial charge in [-0.25, -0.2) is 4.79 Å². The Morgan fingerprint density at radius 3 is 2.43 bits per heavy atom. The molecule has 0 bridgehead atoms. The van der Waals surface area contributed by atoms with Gasteiger partial charge in [-0.15, -0.1) is 0 Å². The highest BCUT2D eigenvalue weighted by molar-refractivity contribution is 5.95. The van der Waals surface area contributed by atoms with Crippen LogP contribution in [-0.4, -0.2) is 23.5 Å². The minimum absolute atomic E-state index is 0.143. The minimum Gasteiger partial charge on any atom is -0.478 e. The number of hydrogen-bond acceptors (Lipinski definition) is 3. The molecule has 0 aromatic heterocycles. The predicted molar refractivity (Wildman–Crippen MR) is 81.7 cm³/mol. The molecule has 0 atom stereocenters. The summed E-state index contributed by atoms with van der Waals surface area (Å²) in [7, 11) is 0. The number of hydrogen-bond donors (Lipinski definition) is 3. The molecular weight excluding hydrogens is 268 g/mol. The molecule has 21 heavy (non-hydrogen) atoms. The van der Waals surface area contributed by atoms with Crippen molar-refractivity contribution in [3.63, 3.8) is 0 Å². The van der Waals surface area contributed by atoms with E-state index in [9.17, 15) is 9.59 Å². The number of carboxylic acid groups (broad SMARTS) is 1. The molecule has 0 spiro atoms. The Hall–Kier alpha value is -2.82. The second-order valence-corrected chi connectivity index (χ2v) is 4.60. The van der Waals surface area contributed by atoms with Crippen molar-refractivity contribution in [2.45, 2.75) is 6.92 Å². The molecule has 3 N–H and O–H groups in total. The Balaban J connectivity index is 1.95. The van der Waals surface area contributed by atoms with Crippen LogP contribution in [0, 0.1) is 6.92 Å². The molecule has 2 aromatic carbocycles. The molecule has 0 unspecified atom stereocenters. The van der Waals surface area contributed by atoms with Gasteiger partial charge in [0.15, 0.2) is 0 Å². The van der Waals surface area contributed by atoms with E-state index in [1.165, 1.54) is 12.1 Å². The van der Waals surface area contributed by atoms with E-state index < -0.39 is 5.97 Å². The van der Waals surface area contributed by atoms with Crippen molar-refractivity contribution in [3.05, 3.63) is 59.7 Å². The molecule has 0 saturated heterocycles. The Morgan fingerprint density at radius 2 is 1.81 bits per heavy atom. The van der Waals surface area contributed by atoms with E-state index in [0.717, 1.165) is 5.69 Å². The van der Waals surface area contributed by atoms with E-state index in [4.69, 9.17) is 5.11 Å². The maximum absolute atomic E-state index is 11.9. The van der Waals surface area contributed by atoms with Gasteiger partial charge in [-0.1, -0.05) is 18.2 Å². The molecule has 0 aliphatic rings. The lowest BCUT2D eigenvalue weighted by atomic mass is 10.1. The molecule has 108 valence electrons. The maximum Gasteiger partial charge on any atom is 0.335 e. The molecule has 1 amide bonds. The first kappa shape index (κ1) is 14.6. The zero-order valence-corrected chi connectivity index (χ0v) is 11.6. The van der Waals surface area contributed by atoms with Crippen LogP contribution in [0.15, 0.2) is 48.5 Å². The van der Waals surface area contributed by atoms with E-state index in [1.807, 2.05) is 30.3 Å². The van der Waals surface area contributed by atoms with Crippen LogP contribution < -0.4 is 10.6 Å². The van der Waals surface area contributed by atoms with Crippen LogP contribution in [0.2, 0.25) is 0 Å². The van der Waals surface area contributed by atoms with Crippen LogP contribution in [0.3, 0.4) is 0 Å². The van der Waals surface area contributed by atoms with Gasteiger partial charge in [0.2, 0.25) is 5.91 Å². The molecule has 0 aliphatic heterocycles. The third-order valence-electron chi connectivity index (χ3n) is 2.97. The molecule has 2 aromatic rings. The van der Waals surface area contributed by atoms with Gasteiger partial charge in [-0.3, -0.25) is 4.79 Å². The minimum atomic E-state index is -0.985. The molecule has 0 saturated carbocycles. The number of carboxylic acids is 1. The van der Waals surface area contributed by atoms with Crippen molar-refractivity contribution in [1.82, 2.24) is 0 Å². The molecule has 0 fully saturated rings. The fraction of sp³-hybridized carbons (Fsp3) is 0.125. The lowest BCUT2D eigenvalue weighted by Crippen LogP contribution is -2.22. The lowest BCUT2D eigenvalue weighted by molar-refractivity contribution is -0.114. The second-order valence-electron chi connectivity index (χ2n) is 4.60. The van der Waals surface area contributed by atoms with E-state index in [1.54, 1.807) is 13.0 Å². The zero-order valence-electron chi connectivity index (χ0n) is 11.6. The zero-order chi connectivity index (χ0) is 15.2. The van der Waals surface area contributed by atoms with Crippen molar-refractivity contribution in [2.24, 2.45) is 0 Å². The average molecular weight is 284 g/mol. The van der Waals surface area contributed by atoms with Crippen molar-refractivity contribution in [2.75, 3.05) is 17.2 Å². The number of rotatable bonds is 5. The Kier molecular flexibility index (Phi) is 4.56. The third-order valence-corrected chi connectivity index (χ3v) is 2.97. The van der Waals surface area contributed by atoms with Gasteiger partial charge in [0.05, 0.1) is 12.1 Å². The molecule has 0 radical (unpaired) electrons. The van der Waals surface area contributed by atoms with Gasteiger partial charge in [0.1, 0.15) is 0 Å². The lowest BCUT2D eigenvalue weighted by Gasteiger charge is -2.10. The SMILES string of the molecule is Cc1cc(C(=O)O)ccc1NC(=O)CNc1ccccc1. The van der Waals surface area contributed by atoms with Gasteiger partial charge in [0.25, 0.3) is 0 Å². The molecule has 0 heterocycles.